The van der Waals surface area contributed by atoms with Crippen LogP contribution in [0.5, 0.6) is 0 Å². The van der Waals surface area contributed by atoms with Crippen LogP contribution in [0.2, 0.25) is 0 Å². The summed E-state index contributed by atoms with van der Waals surface area (Å²) in [5.74, 6) is -0.559. The Kier molecular flexibility index (Phi) is 4.60. The number of halogens is 1. The zero-order valence-electron chi connectivity index (χ0n) is 14.5. The van der Waals surface area contributed by atoms with E-state index in [0.717, 1.165) is 10.0 Å². The van der Waals surface area contributed by atoms with Crippen LogP contribution in [-0.4, -0.2) is 20.9 Å². The van der Waals surface area contributed by atoms with E-state index in [1.54, 1.807) is 24.3 Å². The van der Waals surface area contributed by atoms with Crippen molar-refractivity contribution in [3.8, 4) is 0 Å². The van der Waals surface area contributed by atoms with Crippen LogP contribution in [0.4, 0.5) is 11.8 Å². The van der Waals surface area contributed by atoms with E-state index >= 15 is 0 Å². The number of aromatic amines is 1. The molecule has 9 heteroatoms. The summed E-state index contributed by atoms with van der Waals surface area (Å²) in [7, 11) is 0. The Morgan fingerprint density at radius 3 is 2.39 bits per heavy atom. The van der Waals surface area contributed by atoms with Gasteiger partial charge in [-0.1, -0.05) is 58.4 Å². The first kappa shape index (κ1) is 18.2. The maximum Gasteiger partial charge on any atom is 0.258 e. The summed E-state index contributed by atoms with van der Waals surface area (Å²) >= 11 is 3.38. The highest BCUT2D eigenvalue weighted by atomic mass is 79.9. The van der Waals surface area contributed by atoms with Gasteiger partial charge in [0.25, 0.3) is 5.56 Å². The first-order chi connectivity index (χ1) is 13.5. The van der Waals surface area contributed by atoms with Gasteiger partial charge in [-0.05, 0) is 23.3 Å². The minimum absolute atomic E-state index is 0.0443. The number of H-pyrrole nitrogens is 1. The van der Waals surface area contributed by atoms with Gasteiger partial charge in [-0.3, -0.25) is 19.9 Å². The molecular formula is C19H16BrN5O3. The maximum absolute atomic E-state index is 12.7. The molecule has 8 nitrogen and oxygen atoms in total. The Bertz CT molecular complexity index is 1080. The summed E-state index contributed by atoms with van der Waals surface area (Å²) in [4.78, 5) is 31.2. The van der Waals surface area contributed by atoms with Gasteiger partial charge in [0, 0.05) is 9.40 Å². The van der Waals surface area contributed by atoms with Crippen LogP contribution in [-0.2, 0) is 0 Å². The second-order valence-corrected chi connectivity index (χ2v) is 7.47. The largest absolute Gasteiger partial charge is 0.369 e. The number of anilines is 2. The SMILES string of the molecule is Nc1nc2c(c(=O)[nH]1)[C@H](c1ccccc1)[C@@H]([N+](=O)[O-])[C@@H](c1ccc(Br)cc1)N2. The number of benzene rings is 2. The van der Waals surface area contributed by atoms with Gasteiger partial charge in [-0.2, -0.15) is 4.98 Å². The van der Waals surface area contributed by atoms with Gasteiger partial charge in [0.1, 0.15) is 11.9 Å². The van der Waals surface area contributed by atoms with Crippen molar-refractivity contribution in [1.82, 2.24) is 9.97 Å². The number of nitro groups is 1. The third-order valence-corrected chi connectivity index (χ3v) is 5.42. The van der Waals surface area contributed by atoms with Crippen molar-refractivity contribution in [2.24, 2.45) is 0 Å². The number of hydrogen-bond donors (Lipinski definition) is 3. The van der Waals surface area contributed by atoms with Crippen molar-refractivity contribution in [2.75, 3.05) is 11.1 Å². The molecule has 28 heavy (non-hydrogen) atoms. The molecule has 2 heterocycles. The van der Waals surface area contributed by atoms with Gasteiger partial charge < -0.3 is 11.1 Å². The molecule has 0 fully saturated rings. The lowest BCUT2D eigenvalue weighted by Gasteiger charge is -2.34. The van der Waals surface area contributed by atoms with Crippen LogP contribution < -0.4 is 16.6 Å². The lowest BCUT2D eigenvalue weighted by molar-refractivity contribution is -0.529. The molecule has 0 amide bonds. The molecule has 1 aliphatic heterocycles. The van der Waals surface area contributed by atoms with Crippen LogP contribution in [0.25, 0.3) is 0 Å². The van der Waals surface area contributed by atoms with Crippen molar-refractivity contribution >= 4 is 27.7 Å². The van der Waals surface area contributed by atoms with Crippen LogP contribution in [0.1, 0.15) is 28.7 Å². The van der Waals surface area contributed by atoms with E-state index in [2.05, 4.69) is 31.2 Å². The van der Waals surface area contributed by atoms with Gasteiger partial charge in [0.15, 0.2) is 0 Å². The van der Waals surface area contributed by atoms with Crippen LogP contribution in [0.3, 0.4) is 0 Å². The normalized spacial score (nSPS) is 20.8. The number of nitrogens with two attached hydrogens (primary N) is 1. The molecule has 3 atom stereocenters. The zero-order valence-corrected chi connectivity index (χ0v) is 16.1. The molecule has 4 rings (SSSR count). The van der Waals surface area contributed by atoms with E-state index in [9.17, 15) is 14.9 Å². The number of hydrogen-bond acceptors (Lipinski definition) is 6. The highest BCUT2D eigenvalue weighted by Crippen LogP contribution is 2.43. The molecule has 1 aromatic heterocycles. The van der Waals surface area contributed by atoms with E-state index in [4.69, 9.17) is 5.73 Å². The first-order valence-electron chi connectivity index (χ1n) is 8.56. The van der Waals surface area contributed by atoms with Crippen molar-refractivity contribution in [3.05, 3.63) is 96.2 Å². The van der Waals surface area contributed by atoms with Crippen molar-refractivity contribution < 1.29 is 4.92 Å². The van der Waals surface area contributed by atoms with E-state index < -0.39 is 23.6 Å². The lowest BCUT2D eigenvalue weighted by Crippen LogP contribution is -2.45. The Morgan fingerprint density at radius 1 is 1.07 bits per heavy atom. The average molecular weight is 442 g/mol. The van der Waals surface area contributed by atoms with Crippen molar-refractivity contribution in [1.29, 1.82) is 0 Å². The van der Waals surface area contributed by atoms with Crippen LogP contribution in [0, 0.1) is 10.1 Å². The highest BCUT2D eigenvalue weighted by Gasteiger charge is 2.48. The molecule has 0 bridgehead atoms. The summed E-state index contributed by atoms with van der Waals surface area (Å²) in [6.45, 7) is 0. The minimum Gasteiger partial charge on any atom is -0.369 e. The van der Waals surface area contributed by atoms with Crippen molar-refractivity contribution in [2.45, 2.75) is 18.0 Å². The second kappa shape index (κ2) is 7.08. The topological polar surface area (TPSA) is 127 Å². The quantitative estimate of drug-likeness (QED) is 0.423. The molecule has 142 valence electrons. The van der Waals surface area contributed by atoms with Gasteiger partial charge in [0.2, 0.25) is 12.0 Å². The molecule has 0 aliphatic carbocycles. The average Bonchev–Trinajstić information content (AvgIpc) is 2.67. The fourth-order valence-electron chi connectivity index (χ4n) is 3.71. The second-order valence-electron chi connectivity index (χ2n) is 6.55. The monoisotopic (exact) mass is 441 g/mol. The molecular weight excluding hydrogens is 426 g/mol. The number of aromatic nitrogens is 2. The number of fused-ring (bicyclic) bond motifs is 1. The molecule has 0 saturated heterocycles. The Morgan fingerprint density at radius 2 is 1.75 bits per heavy atom. The predicted octanol–water partition coefficient (Wildman–Crippen LogP) is 3.06. The minimum atomic E-state index is -1.11. The maximum atomic E-state index is 12.7. The Hall–Kier alpha value is -3.20. The molecule has 3 aromatic rings. The fraction of sp³-hybridized carbons (Fsp3) is 0.158. The first-order valence-corrected chi connectivity index (χ1v) is 9.35. The van der Waals surface area contributed by atoms with Gasteiger partial charge in [0.05, 0.1) is 11.5 Å². The van der Waals surface area contributed by atoms with E-state index in [0.29, 0.717) is 5.56 Å². The molecule has 0 unspecified atom stereocenters. The lowest BCUT2D eigenvalue weighted by atomic mass is 9.78. The van der Waals surface area contributed by atoms with Gasteiger partial charge in [-0.15, -0.1) is 0 Å². The molecule has 1 aliphatic rings. The van der Waals surface area contributed by atoms with E-state index in [-0.39, 0.29) is 22.3 Å². The summed E-state index contributed by atoms with van der Waals surface area (Å²) < 4.78 is 0.864. The fourth-order valence-corrected chi connectivity index (χ4v) is 3.98. The van der Waals surface area contributed by atoms with E-state index in [1.807, 2.05) is 30.3 Å². The van der Waals surface area contributed by atoms with Gasteiger partial charge >= 0.3 is 0 Å². The Balaban J connectivity index is 1.97. The summed E-state index contributed by atoms with van der Waals surface area (Å²) in [6, 6.07) is 14.4. The zero-order chi connectivity index (χ0) is 19.8. The Labute approximate surface area is 168 Å². The van der Waals surface area contributed by atoms with Gasteiger partial charge in [-0.25, -0.2) is 0 Å². The number of nitrogens with one attached hydrogen (secondary N) is 2. The third kappa shape index (κ3) is 3.13. The molecule has 4 N–H and O–H groups in total. The van der Waals surface area contributed by atoms with Crippen LogP contribution in [0.15, 0.2) is 63.9 Å². The molecule has 2 aromatic carbocycles. The van der Waals surface area contributed by atoms with Crippen molar-refractivity contribution in [3.63, 3.8) is 0 Å². The standard InChI is InChI=1S/C19H16BrN5O3/c20-12-8-6-11(7-9-12)15-16(25(27)28)13(10-4-2-1-3-5-10)14-17(22-15)23-19(21)24-18(14)26/h1-9,13,15-16H,(H4,21,22,23,24,26)/t13-,15+,16+/m0/s1. The number of nitrogens with zero attached hydrogens (tertiary/aromatic N) is 2. The third-order valence-electron chi connectivity index (χ3n) is 4.89. The summed E-state index contributed by atoms with van der Waals surface area (Å²) in [6.07, 6.45) is 0. The number of rotatable bonds is 3. The summed E-state index contributed by atoms with van der Waals surface area (Å²) in [5, 5.41) is 15.3. The predicted molar refractivity (Wildman–Crippen MR) is 109 cm³/mol. The molecule has 0 saturated carbocycles. The summed E-state index contributed by atoms with van der Waals surface area (Å²) in [5.41, 5.74) is 6.85. The van der Waals surface area contributed by atoms with E-state index in [1.165, 1.54) is 0 Å². The molecule has 0 radical (unpaired) electrons. The number of nitrogen functional groups attached to an aromatic ring is 1. The van der Waals surface area contributed by atoms with Crippen LogP contribution >= 0.6 is 15.9 Å². The molecule has 0 spiro atoms. The highest BCUT2D eigenvalue weighted by molar-refractivity contribution is 9.10. The smallest absolute Gasteiger partial charge is 0.258 e.